The fourth-order valence-corrected chi connectivity index (χ4v) is 12.3. The number of primary amides is 1. The van der Waals surface area contributed by atoms with E-state index in [1.54, 1.807) is 0 Å². The standard InChI is InChI=1S/C61H77FN14O13S2/c1-61(2)60(89)74-44(23-37-27-66-42-16-13-38(62)24-41(37)42)55(84)71-46(26-52(80)81)57(86)70-45(25-39-28-65-33-68-39)56(85)72-47(22-34-11-14-40(77)15-12-34)59(88)76-19-6-10-49(76)58(87)73-48(53(64)82)32-91-31-36-8-5-7-35(21-36)30-90-20-17-50(78)69-43(9-3-4-18-63)54(83)67-29-51(79)75-61/h5,7-8,11-16,21,24,27-28,33,43-49,66,77H,3-4,6,9-10,17-20,22-23,25-26,29-32,63H2,1-2H3,(H2,64,82)(H,65,68)(H,67,83)(H,69,78)(H,70,86)(H,71,84)(H,72,85)(H,73,87)(H,74,89)(H,75,79)(H,80,81)/t43-,44-,45-,46-,47-,48-,49-/m0/s1. The van der Waals surface area contributed by atoms with E-state index in [-0.39, 0.29) is 55.8 Å². The van der Waals surface area contributed by atoms with Gasteiger partial charge >= 0.3 is 5.97 Å². The zero-order chi connectivity index (χ0) is 65.8. The summed E-state index contributed by atoms with van der Waals surface area (Å²) < 4.78 is 14.7. The number of carbonyl (C=O) groups excluding carboxylic acids is 10. The van der Waals surface area contributed by atoms with Crippen molar-refractivity contribution in [2.45, 2.75) is 137 Å². The number of benzene rings is 3. The van der Waals surface area contributed by atoms with Crippen LogP contribution < -0.4 is 54.0 Å². The van der Waals surface area contributed by atoms with Gasteiger partial charge in [0, 0.05) is 84.2 Å². The van der Waals surface area contributed by atoms with E-state index in [9.17, 15) is 67.3 Å². The molecule has 0 aliphatic carbocycles. The summed E-state index contributed by atoms with van der Waals surface area (Å²) in [6.07, 6.45) is 3.83. The van der Waals surface area contributed by atoms with E-state index in [1.807, 2.05) is 24.3 Å². The number of phenols is 1. The number of halogens is 1. The van der Waals surface area contributed by atoms with Gasteiger partial charge in [-0.2, -0.15) is 23.5 Å². The molecule has 0 spiro atoms. The number of carboxylic acid groups (broad SMARTS) is 1. The number of H-pyrrole nitrogens is 2. The Morgan fingerprint density at radius 3 is 2.13 bits per heavy atom. The molecule has 488 valence electrons. The van der Waals surface area contributed by atoms with Crippen molar-refractivity contribution in [3.63, 3.8) is 0 Å². The molecular formula is C61H77FN14O13S2. The summed E-state index contributed by atoms with van der Waals surface area (Å²) in [5, 5.41) is 41.3. The molecule has 2 aromatic heterocycles. The average Bonchev–Trinajstić information content (AvgIpc) is 1.80. The van der Waals surface area contributed by atoms with E-state index in [2.05, 4.69) is 57.5 Å². The van der Waals surface area contributed by atoms with Crippen LogP contribution in [-0.2, 0) is 83.5 Å². The number of hydrogen-bond acceptors (Lipinski definition) is 16. The molecule has 2 aliphatic heterocycles. The number of hydrogen-bond donors (Lipinski definition) is 14. The van der Waals surface area contributed by atoms with Crippen LogP contribution in [0.1, 0.15) is 86.7 Å². The Bertz CT molecular complexity index is 3430. The number of nitrogens with two attached hydrogens (primary N) is 2. The lowest BCUT2D eigenvalue weighted by Gasteiger charge is -2.31. The number of fused-ring (bicyclic) bond motifs is 4. The smallest absolute Gasteiger partial charge is 0.305 e. The Morgan fingerprint density at radius 2 is 1.44 bits per heavy atom. The van der Waals surface area contributed by atoms with Crippen molar-refractivity contribution in [3.8, 4) is 5.75 Å². The van der Waals surface area contributed by atoms with Crippen LogP contribution >= 0.6 is 23.5 Å². The van der Waals surface area contributed by atoms with E-state index in [0.717, 1.165) is 11.1 Å². The predicted octanol–water partition coefficient (Wildman–Crippen LogP) is 0.334. The minimum Gasteiger partial charge on any atom is -0.508 e. The third-order valence-corrected chi connectivity index (χ3v) is 17.4. The maximum atomic E-state index is 14.9. The van der Waals surface area contributed by atoms with Gasteiger partial charge in [-0.15, -0.1) is 0 Å². The van der Waals surface area contributed by atoms with E-state index < -0.39 is 138 Å². The first-order chi connectivity index (χ1) is 43.5. The summed E-state index contributed by atoms with van der Waals surface area (Å²) >= 11 is 2.82. The van der Waals surface area contributed by atoms with E-state index in [1.165, 1.54) is 103 Å². The predicted molar refractivity (Wildman–Crippen MR) is 335 cm³/mol. The lowest BCUT2D eigenvalue weighted by atomic mass is 10.00. The molecule has 1 fully saturated rings. The van der Waals surface area contributed by atoms with Crippen molar-refractivity contribution in [1.29, 1.82) is 0 Å². The second-order valence-electron chi connectivity index (χ2n) is 22.8. The van der Waals surface area contributed by atoms with Gasteiger partial charge in [0.2, 0.25) is 59.1 Å². The first-order valence-electron chi connectivity index (χ1n) is 29.6. The third-order valence-electron chi connectivity index (χ3n) is 15.2. The number of aromatic nitrogens is 3. The molecule has 27 nitrogen and oxygen atoms in total. The molecule has 91 heavy (non-hydrogen) atoms. The lowest BCUT2D eigenvalue weighted by Crippen LogP contribution is -2.62. The Hall–Kier alpha value is -9.03. The highest BCUT2D eigenvalue weighted by atomic mass is 32.2. The number of carbonyl (C=O) groups is 11. The van der Waals surface area contributed by atoms with Crippen molar-refractivity contribution in [2.24, 2.45) is 11.5 Å². The number of phenolic OH excluding ortho intramolecular Hbond substituents is 1. The second-order valence-corrected chi connectivity index (χ2v) is 24.9. The molecule has 0 saturated carbocycles. The monoisotopic (exact) mass is 1300 g/mol. The minimum atomic E-state index is -1.98. The molecule has 7 rings (SSSR count). The summed E-state index contributed by atoms with van der Waals surface area (Å²) in [5.41, 5.74) is 13.0. The molecule has 2 aliphatic rings. The molecule has 10 amide bonds. The normalized spacial score (nSPS) is 22.8. The largest absolute Gasteiger partial charge is 0.508 e. The Balaban J connectivity index is 1.20. The molecule has 4 heterocycles. The molecule has 5 aromatic rings. The molecule has 0 radical (unpaired) electrons. The van der Waals surface area contributed by atoms with E-state index in [4.69, 9.17) is 11.5 Å². The van der Waals surface area contributed by atoms with Gasteiger partial charge in [-0.05, 0) is 105 Å². The maximum Gasteiger partial charge on any atom is 0.305 e. The van der Waals surface area contributed by atoms with Gasteiger partial charge in [-0.1, -0.05) is 36.4 Å². The van der Waals surface area contributed by atoms with Gasteiger partial charge in [-0.3, -0.25) is 52.7 Å². The van der Waals surface area contributed by atoms with Gasteiger partial charge in [0.1, 0.15) is 59.4 Å². The second kappa shape index (κ2) is 33.2. The van der Waals surface area contributed by atoms with Crippen LogP contribution in [0, 0.1) is 5.82 Å². The zero-order valence-corrected chi connectivity index (χ0v) is 51.9. The molecule has 7 atom stereocenters. The van der Waals surface area contributed by atoms with Crippen LogP contribution in [0.15, 0.2) is 85.5 Å². The van der Waals surface area contributed by atoms with Crippen LogP contribution in [0.2, 0.25) is 0 Å². The van der Waals surface area contributed by atoms with Crippen LogP contribution in [0.3, 0.4) is 0 Å². The summed E-state index contributed by atoms with van der Waals surface area (Å²) in [7, 11) is 0. The molecule has 1 saturated heterocycles. The van der Waals surface area contributed by atoms with Crippen LogP contribution in [-0.4, -0.2) is 174 Å². The number of rotatable bonds is 13. The van der Waals surface area contributed by atoms with E-state index in [0.29, 0.717) is 65.1 Å². The number of thioether (sulfide) groups is 2. The average molecular weight is 1300 g/mol. The molecule has 2 bridgehead atoms. The fourth-order valence-electron chi connectivity index (χ4n) is 10.4. The van der Waals surface area contributed by atoms with Crippen molar-refractivity contribution < 1.29 is 67.3 Å². The number of unbranched alkanes of at least 4 members (excludes halogenated alkanes) is 1. The zero-order valence-electron chi connectivity index (χ0n) is 50.3. The summed E-state index contributed by atoms with van der Waals surface area (Å²) in [5.74, 6) is -9.40. The number of aromatic amines is 2. The van der Waals surface area contributed by atoms with Crippen LogP contribution in [0.25, 0.3) is 10.9 Å². The summed E-state index contributed by atoms with van der Waals surface area (Å²) in [6.45, 7) is 2.33. The van der Waals surface area contributed by atoms with Crippen LogP contribution in [0.4, 0.5) is 4.39 Å². The molecule has 30 heteroatoms. The van der Waals surface area contributed by atoms with Gasteiger partial charge in [0.15, 0.2) is 0 Å². The Kier molecular flexibility index (Phi) is 25.3. The number of nitrogens with one attached hydrogen (secondary N) is 10. The van der Waals surface area contributed by atoms with Crippen molar-refractivity contribution in [2.75, 3.05) is 31.1 Å². The van der Waals surface area contributed by atoms with Gasteiger partial charge in [-0.25, -0.2) is 9.37 Å². The number of imidazole rings is 1. The van der Waals surface area contributed by atoms with Crippen LogP contribution in [0.5, 0.6) is 5.75 Å². The highest BCUT2D eigenvalue weighted by Gasteiger charge is 2.41. The number of amides is 10. The van der Waals surface area contributed by atoms with Gasteiger partial charge in [0.05, 0.1) is 19.3 Å². The van der Waals surface area contributed by atoms with Gasteiger partial charge in [0.25, 0.3) is 0 Å². The quantitative estimate of drug-likeness (QED) is 0.0707. The summed E-state index contributed by atoms with van der Waals surface area (Å²) in [6, 6.07) is 7.13. The van der Waals surface area contributed by atoms with Gasteiger partial charge < -0.3 is 79.1 Å². The fraction of sp³-hybridized carbons (Fsp3) is 0.443. The SMILES string of the molecule is CC1(C)NC(=O)CNC(=O)[C@H](CCCCN)NC(=O)CCSCc2cccc(c2)CSC[C@@H](C(N)=O)NC(=O)[C@@H]2CCCN2C(=O)[C@H](Cc2ccc(O)cc2)NC(=O)[C@H](Cc2cnc[nH]2)NC(=O)[C@H](CC(=O)O)NC(=O)[C@H](Cc2c[nH]c3ccc(F)cc23)NC1=O. The Morgan fingerprint density at radius 1 is 0.747 bits per heavy atom. The number of aromatic hydroxyl groups is 1. The molecule has 0 unspecified atom stereocenters. The van der Waals surface area contributed by atoms with E-state index >= 15 is 0 Å². The summed E-state index contributed by atoms with van der Waals surface area (Å²) in [4.78, 5) is 164. The number of carboxylic acids is 1. The lowest BCUT2D eigenvalue weighted by molar-refractivity contribution is -0.143. The highest BCUT2D eigenvalue weighted by Crippen LogP contribution is 2.25. The van der Waals surface area contributed by atoms with Crippen molar-refractivity contribution in [1.82, 2.24) is 62.4 Å². The highest BCUT2D eigenvalue weighted by molar-refractivity contribution is 7.98. The first kappa shape index (κ1) is 69.4. The number of aliphatic carboxylic acids is 1. The minimum absolute atomic E-state index is 0.0470. The maximum absolute atomic E-state index is 14.9. The topological polar surface area (TPSA) is 424 Å². The van der Waals surface area contributed by atoms with Crippen molar-refractivity contribution >= 4 is 99.5 Å². The Labute approximate surface area is 531 Å². The van der Waals surface area contributed by atoms with Crippen molar-refractivity contribution in [3.05, 3.63) is 119 Å². The molecule has 16 N–H and O–H groups in total. The number of nitrogens with zero attached hydrogens (tertiary/aromatic N) is 2. The molecule has 3 aromatic carbocycles. The first-order valence-corrected chi connectivity index (χ1v) is 31.9. The molecular weight excluding hydrogens is 1220 g/mol. The third kappa shape index (κ3) is 20.8.